The van der Waals surface area contributed by atoms with Crippen LogP contribution >= 0.6 is 23.2 Å². The molecule has 1 aromatic carbocycles. The zero-order valence-corrected chi connectivity index (χ0v) is 11.1. The third kappa shape index (κ3) is 3.22. The molecule has 0 fully saturated rings. The number of pyridine rings is 1. The second kappa shape index (κ2) is 5.38. The van der Waals surface area contributed by atoms with E-state index in [0.29, 0.717) is 21.4 Å². The van der Waals surface area contributed by atoms with Gasteiger partial charge in [-0.05, 0) is 42.8 Å². The van der Waals surface area contributed by atoms with Crippen LogP contribution in [-0.2, 0) is 0 Å². The van der Waals surface area contributed by atoms with E-state index < -0.39 is 0 Å². The number of amides is 1. The van der Waals surface area contributed by atoms with Crippen LogP contribution in [0.15, 0.2) is 36.5 Å². The van der Waals surface area contributed by atoms with Crippen molar-refractivity contribution in [2.75, 3.05) is 5.32 Å². The summed E-state index contributed by atoms with van der Waals surface area (Å²) in [5.41, 5.74) is 1.42. The van der Waals surface area contributed by atoms with E-state index in [4.69, 9.17) is 23.2 Å². The van der Waals surface area contributed by atoms with Crippen molar-refractivity contribution in [2.24, 2.45) is 0 Å². The first kappa shape index (κ1) is 12.9. The maximum Gasteiger partial charge on any atom is 0.256 e. The fourth-order valence-corrected chi connectivity index (χ4v) is 2.00. The van der Waals surface area contributed by atoms with Gasteiger partial charge in [0.1, 0.15) is 5.82 Å². The lowest BCUT2D eigenvalue weighted by Gasteiger charge is -2.06. The van der Waals surface area contributed by atoms with Gasteiger partial charge in [-0.15, -0.1) is 0 Å². The number of carbonyl (C=O) groups is 1. The first-order chi connectivity index (χ1) is 8.54. The summed E-state index contributed by atoms with van der Waals surface area (Å²) in [6, 6.07) is 8.32. The lowest BCUT2D eigenvalue weighted by Crippen LogP contribution is -2.13. The van der Waals surface area contributed by atoms with Crippen LogP contribution in [0, 0.1) is 6.92 Å². The van der Waals surface area contributed by atoms with Crippen LogP contribution in [0.5, 0.6) is 0 Å². The highest BCUT2D eigenvalue weighted by molar-refractivity contribution is 6.35. The van der Waals surface area contributed by atoms with Crippen LogP contribution < -0.4 is 5.32 Å². The molecule has 2 aromatic rings. The molecule has 0 aliphatic heterocycles. The highest BCUT2D eigenvalue weighted by atomic mass is 35.5. The Labute approximate surface area is 115 Å². The lowest BCUT2D eigenvalue weighted by molar-refractivity contribution is 0.102. The molecule has 1 N–H and O–H groups in total. The minimum atomic E-state index is -0.294. The van der Waals surface area contributed by atoms with E-state index in [9.17, 15) is 4.79 Å². The van der Waals surface area contributed by atoms with E-state index in [2.05, 4.69) is 10.3 Å². The number of nitrogens with zero attached hydrogens (tertiary/aromatic N) is 1. The molecule has 0 saturated carbocycles. The van der Waals surface area contributed by atoms with Gasteiger partial charge in [0.15, 0.2) is 0 Å². The molecule has 1 aromatic heterocycles. The number of hydrogen-bond acceptors (Lipinski definition) is 2. The molecule has 18 heavy (non-hydrogen) atoms. The maximum absolute atomic E-state index is 12.0. The molecule has 2 rings (SSSR count). The molecule has 0 radical (unpaired) electrons. The molecular weight excluding hydrogens is 271 g/mol. The average molecular weight is 281 g/mol. The second-order valence-corrected chi connectivity index (χ2v) is 4.70. The monoisotopic (exact) mass is 280 g/mol. The Kier molecular flexibility index (Phi) is 3.84. The molecule has 3 nitrogen and oxygen atoms in total. The maximum atomic E-state index is 12.0. The van der Waals surface area contributed by atoms with Gasteiger partial charge in [0.05, 0.1) is 0 Å². The SMILES string of the molecule is Cc1ccnc(NC(=O)c2cc(Cl)cc(Cl)c2)c1. The predicted octanol–water partition coefficient (Wildman–Crippen LogP) is 3.95. The summed E-state index contributed by atoms with van der Waals surface area (Å²) in [6.45, 7) is 1.92. The molecule has 0 aliphatic rings. The molecule has 0 bridgehead atoms. The molecule has 92 valence electrons. The smallest absolute Gasteiger partial charge is 0.256 e. The molecule has 0 aliphatic carbocycles. The van der Waals surface area contributed by atoms with Crippen LogP contribution in [0.2, 0.25) is 10.0 Å². The van der Waals surface area contributed by atoms with Crippen molar-refractivity contribution in [3.8, 4) is 0 Å². The largest absolute Gasteiger partial charge is 0.307 e. The van der Waals surface area contributed by atoms with Gasteiger partial charge >= 0.3 is 0 Å². The van der Waals surface area contributed by atoms with Crippen molar-refractivity contribution in [1.82, 2.24) is 4.98 Å². The number of halogens is 2. The quantitative estimate of drug-likeness (QED) is 0.905. The summed E-state index contributed by atoms with van der Waals surface area (Å²) < 4.78 is 0. The van der Waals surface area contributed by atoms with Crippen molar-refractivity contribution < 1.29 is 4.79 Å². The van der Waals surface area contributed by atoms with E-state index >= 15 is 0 Å². The van der Waals surface area contributed by atoms with Crippen LogP contribution in [-0.4, -0.2) is 10.9 Å². The number of benzene rings is 1. The van der Waals surface area contributed by atoms with Crippen molar-refractivity contribution >= 4 is 34.9 Å². The topological polar surface area (TPSA) is 42.0 Å². The average Bonchev–Trinajstić information content (AvgIpc) is 2.27. The van der Waals surface area contributed by atoms with Gasteiger partial charge in [-0.1, -0.05) is 23.2 Å². The fourth-order valence-electron chi connectivity index (χ4n) is 1.48. The first-order valence-corrected chi connectivity index (χ1v) is 6.00. The minimum absolute atomic E-state index is 0.294. The molecule has 0 unspecified atom stereocenters. The lowest BCUT2D eigenvalue weighted by atomic mass is 10.2. The van der Waals surface area contributed by atoms with Crippen LogP contribution in [0.4, 0.5) is 5.82 Å². The van der Waals surface area contributed by atoms with E-state index in [1.807, 2.05) is 13.0 Å². The third-order valence-corrected chi connectivity index (χ3v) is 2.72. The number of aromatic nitrogens is 1. The zero-order valence-electron chi connectivity index (χ0n) is 9.58. The van der Waals surface area contributed by atoms with Gasteiger partial charge in [-0.3, -0.25) is 4.79 Å². The van der Waals surface area contributed by atoms with E-state index in [-0.39, 0.29) is 5.91 Å². The second-order valence-electron chi connectivity index (χ2n) is 3.83. The molecule has 5 heteroatoms. The number of rotatable bonds is 2. The highest BCUT2D eigenvalue weighted by Gasteiger charge is 2.08. The summed E-state index contributed by atoms with van der Waals surface area (Å²) >= 11 is 11.7. The Bertz CT molecular complexity index is 579. The Morgan fingerprint density at radius 3 is 2.44 bits per heavy atom. The Morgan fingerprint density at radius 1 is 1.17 bits per heavy atom. The molecule has 1 amide bonds. The number of nitrogens with one attached hydrogen (secondary N) is 1. The molecule has 0 atom stereocenters. The summed E-state index contributed by atoms with van der Waals surface area (Å²) in [4.78, 5) is 16.0. The van der Waals surface area contributed by atoms with Crippen LogP contribution in [0.25, 0.3) is 0 Å². The van der Waals surface area contributed by atoms with Gasteiger partial charge in [0.2, 0.25) is 0 Å². The Hall–Kier alpha value is -1.58. The normalized spacial score (nSPS) is 10.2. The van der Waals surface area contributed by atoms with Crippen molar-refractivity contribution in [2.45, 2.75) is 6.92 Å². The standard InChI is InChI=1S/C13H10Cl2N2O/c1-8-2-3-16-12(4-8)17-13(18)9-5-10(14)7-11(15)6-9/h2-7H,1H3,(H,16,17,18). The molecule has 0 saturated heterocycles. The Morgan fingerprint density at radius 2 is 1.83 bits per heavy atom. The summed E-state index contributed by atoms with van der Waals surface area (Å²) in [5, 5.41) is 3.53. The zero-order chi connectivity index (χ0) is 13.1. The van der Waals surface area contributed by atoms with Gasteiger partial charge < -0.3 is 5.32 Å². The van der Waals surface area contributed by atoms with E-state index in [1.54, 1.807) is 30.5 Å². The van der Waals surface area contributed by atoms with Crippen LogP contribution in [0.3, 0.4) is 0 Å². The Balaban J connectivity index is 2.22. The summed E-state index contributed by atoms with van der Waals surface area (Å²) in [5.74, 6) is 0.202. The molecular formula is C13H10Cl2N2O. The van der Waals surface area contributed by atoms with E-state index in [0.717, 1.165) is 5.56 Å². The number of anilines is 1. The van der Waals surface area contributed by atoms with Gasteiger partial charge in [-0.25, -0.2) is 4.98 Å². The highest BCUT2D eigenvalue weighted by Crippen LogP contribution is 2.19. The summed E-state index contributed by atoms with van der Waals surface area (Å²) in [6.07, 6.45) is 1.63. The van der Waals surface area contributed by atoms with Crippen molar-refractivity contribution in [1.29, 1.82) is 0 Å². The van der Waals surface area contributed by atoms with Gasteiger partial charge in [-0.2, -0.15) is 0 Å². The van der Waals surface area contributed by atoms with Crippen LogP contribution in [0.1, 0.15) is 15.9 Å². The third-order valence-electron chi connectivity index (χ3n) is 2.28. The minimum Gasteiger partial charge on any atom is -0.307 e. The predicted molar refractivity (Wildman–Crippen MR) is 73.4 cm³/mol. The molecule has 0 spiro atoms. The first-order valence-electron chi connectivity index (χ1n) is 5.25. The number of aryl methyl sites for hydroxylation is 1. The number of hydrogen-bond donors (Lipinski definition) is 1. The fraction of sp³-hybridized carbons (Fsp3) is 0.0769. The van der Waals surface area contributed by atoms with Crippen molar-refractivity contribution in [3.05, 3.63) is 57.7 Å². The van der Waals surface area contributed by atoms with E-state index in [1.165, 1.54) is 0 Å². The summed E-state index contributed by atoms with van der Waals surface area (Å²) in [7, 11) is 0. The number of carbonyl (C=O) groups excluding carboxylic acids is 1. The van der Waals surface area contributed by atoms with Crippen molar-refractivity contribution in [3.63, 3.8) is 0 Å². The van der Waals surface area contributed by atoms with Gasteiger partial charge in [0.25, 0.3) is 5.91 Å². The molecule has 1 heterocycles. The van der Waals surface area contributed by atoms with Gasteiger partial charge in [0, 0.05) is 21.8 Å².